The van der Waals surface area contributed by atoms with Crippen molar-refractivity contribution >= 4 is 34.2 Å². The quantitative estimate of drug-likeness (QED) is 0.769. The third-order valence-corrected chi connectivity index (χ3v) is 3.64. The fourth-order valence-electron chi connectivity index (χ4n) is 2.26. The monoisotopic (exact) mass is 299 g/mol. The van der Waals surface area contributed by atoms with E-state index in [1.54, 1.807) is 18.4 Å². The summed E-state index contributed by atoms with van der Waals surface area (Å²) in [5.74, 6) is -0.118. The number of aryl methyl sites for hydroxylation is 1. The first-order valence-electron chi connectivity index (χ1n) is 6.64. The van der Waals surface area contributed by atoms with E-state index in [1.807, 2.05) is 37.3 Å². The number of amides is 1. The molecule has 1 heterocycles. The summed E-state index contributed by atoms with van der Waals surface area (Å²) < 4.78 is 5.47. The standard InChI is InChI=1S/C17H14ClNO2/c1-11-6-7-16-13(8-11)12(10-21-16)9-17(20)19-15-5-3-2-4-14(15)18/h2-8,10H,9H2,1H3,(H,19,20). The number of nitrogens with one attached hydrogen (secondary N) is 1. The molecule has 1 N–H and O–H groups in total. The molecule has 1 amide bonds. The number of rotatable bonds is 3. The Labute approximate surface area is 127 Å². The maximum absolute atomic E-state index is 12.1. The van der Waals surface area contributed by atoms with Gasteiger partial charge in [-0.1, -0.05) is 35.4 Å². The van der Waals surface area contributed by atoms with Crippen molar-refractivity contribution in [2.75, 3.05) is 5.32 Å². The largest absolute Gasteiger partial charge is 0.464 e. The van der Waals surface area contributed by atoms with Crippen LogP contribution in [0.2, 0.25) is 5.02 Å². The average molecular weight is 300 g/mol. The van der Waals surface area contributed by atoms with Gasteiger partial charge in [0.1, 0.15) is 5.58 Å². The molecule has 0 fully saturated rings. The summed E-state index contributed by atoms with van der Waals surface area (Å²) in [4.78, 5) is 12.1. The van der Waals surface area contributed by atoms with Crippen molar-refractivity contribution in [2.24, 2.45) is 0 Å². The van der Waals surface area contributed by atoms with Gasteiger partial charge in [0.15, 0.2) is 0 Å². The summed E-state index contributed by atoms with van der Waals surface area (Å²) in [7, 11) is 0. The zero-order chi connectivity index (χ0) is 14.8. The molecule has 0 spiro atoms. The van der Waals surface area contributed by atoms with Crippen LogP contribution in [0.4, 0.5) is 5.69 Å². The molecule has 0 aliphatic heterocycles. The van der Waals surface area contributed by atoms with E-state index < -0.39 is 0 Å². The molecule has 0 unspecified atom stereocenters. The lowest BCUT2D eigenvalue weighted by Gasteiger charge is -2.06. The summed E-state index contributed by atoms with van der Waals surface area (Å²) in [5.41, 5.74) is 3.42. The Balaban J connectivity index is 1.80. The molecule has 0 aliphatic carbocycles. The maximum atomic E-state index is 12.1. The number of carbonyl (C=O) groups excluding carboxylic acids is 1. The van der Waals surface area contributed by atoms with Crippen LogP contribution < -0.4 is 5.32 Å². The van der Waals surface area contributed by atoms with E-state index >= 15 is 0 Å². The van der Waals surface area contributed by atoms with Gasteiger partial charge in [-0.15, -0.1) is 0 Å². The van der Waals surface area contributed by atoms with E-state index in [1.165, 1.54) is 0 Å². The highest BCUT2D eigenvalue weighted by Crippen LogP contribution is 2.24. The number of hydrogen-bond acceptors (Lipinski definition) is 2. The van der Waals surface area contributed by atoms with Gasteiger partial charge >= 0.3 is 0 Å². The Morgan fingerprint density at radius 3 is 2.86 bits per heavy atom. The van der Waals surface area contributed by atoms with Crippen LogP contribution in [0, 0.1) is 6.92 Å². The Hall–Kier alpha value is -2.26. The molecule has 0 saturated carbocycles. The predicted octanol–water partition coefficient (Wildman–Crippen LogP) is 4.58. The summed E-state index contributed by atoms with van der Waals surface area (Å²) in [6.45, 7) is 2.01. The normalized spacial score (nSPS) is 10.8. The third-order valence-electron chi connectivity index (χ3n) is 3.31. The van der Waals surface area contributed by atoms with E-state index in [0.29, 0.717) is 10.7 Å². The number of hydrogen-bond donors (Lipinski definition) is 1. The first kappa shape index (κ1) is 13.7. The van der Waals surface area contributed by atoms with Gasteiger partial charge in [-0.2, -0.15) is 0 Å². The molecule has 1 aromatic heterocycles. The highest BCUT2D eigenvalue weighted by atomic mass is 35.5. The fraction of sp³-hybridized carbons (Fsp3) is 0.118. The molecule has 0 bridgehead atoms. The number of carbonyl (C=O) groups is 1. The average Bonchev–Trinajstić information content (AvgIpc) is 2.84. The minimum atomic E-state index is -0.118. The summed E-state index contributed by atoms with van der Waals surface area (Å²) >= 11 is 6.03. The minimum Gasteiger partial charge on any atom is -0.464 e. The molecule has 4 heteroatoms. The molecule has 2 aromatic carbocycles. The molecule has 106 valence electrons. The molecule has 3 nitrogen and oxygen atoms in total. The highest BCUT2D eigenvalue weighted by molar-refractivity contribution is 6.33. The summed E-state index contributed by atoms with van der Waals surface area (Å²) in [6, 6.07) is 13.1. The van der Waals surface area contributed by atoms with Gasteiger partial charge in [0.25, 0.3) is 0 Å². The van der Waals surface area contributed by atoms with Gasteiger partial charge in [0, 0.05) is 10.9 Å². The summed E-state index contributed by atoms with van der Waals surface area (Å²) in [6.07, 6.45) is 1.89. The first-order valence-corrected chi connectivity index (χ1v) is 7.02. The van der Waals surface area contributed by atoms with Crippen molar-refractivity contribution in [2.45, 2.75) is 13.3 Å². The van der Waals surface area contributed by atoms with E-state index in [-0.39, 0.29) is 12.3 Å². The minimum absolute atomic E-state index is 0.118. The number of benzene rings is 2. The Morgan fingerprint density at radius 1 is 1.24 bits per heavy atom. The van der Waals surface area contributed by atoms with Crippen molar-refractivity contribution in [3.8, 4) is 0 Å². The zero-order valence-corrected chi connectivity index (χ0v) is 12.3. The van der Waals surface area contributed by atoms with Gasteiger partial charge < -0.3 is 9.73 Å². The van der Waals surface area contributed by atoms with Crippen molar-refractivity contribution in [3.63, 3.8) is 0 Å². The second kappa shape index (κ2) is 5.62. The highest BCUT2D eigenvalue weighted by Gasteiger charge is 2.11. The van der Waals surface area contributed by atoms with Gasteiger partial charge in [-0.05, 0) is 31.2 Å². The fourth-order valence-corrected chi connectivity index (χ4v) is 2.45. The topological polar surface area (TPSA) is 42.2 Å². The van der Waals surface area contributed by atoms with Gasteiger partial charge in [0.05, 0.1) is 23.4 Å². The Kier molecular flexibility index (Phi) is 3.67. The zero-order valence-electron chi connectivity index (χ0n) is 11.5. The molecule has 0 aliphatic rings. The summed E-state index contributed by atoms with van der Waals surface area (Å²) in [5, 5.41) is 4.32. The van der Waals surface area contributed by atoms with Crippen molar-refractivity contribution in [1.29, 1.82) is 0 Å². The Morgan fingerprint density at radius 2 is 2.05 bits per heavy atom. The second-order valence-electron chi connectivity index (χ2n) is 4.97. The Bertz CT molecular complexity index is 807. The molecule has 3 aromatic rings. The van der Waals surface area contributed by atoms with Crippen LogP contribution in [-0.2, 0) is 11.2 Å². The SMILES string of the molecule is Cc1ccc2occ(CC(=O)Nc3ccccc3Cl)c2c1. The molecular formula is C17H14ClNO2. The number of furan rings is 1. The molecule has 21 heavy (non-hydrogen) atoms. The van der Waals surface area contributed by atoms with E-state index in [4.69, 9.17) is 16.0 Å². The van der Waals surface area contributed by atoms with Crippen LogP contribution in [0.1, 0.15) is 11.1 Å². The van der Waals surface area contributed by atoms with Crippen molar-refractivity contribution in [1.82, 2.24) is 0 Å². The molecule has 3 rings (SSSR count). The smallest absolute Gasteiger partial charge is 0.228 e. The molecular weight excluding hydrogens is 286 g/mol. The van der Waals surface area contributed by atoms with Gasteiger partial charge in [-0.3, -0.25) is 4.79 Å². The van der Waals surface area contributed by atoms with Crippen LogP contribution in [0.5, 0.6) is 0 Å². The lowest BCUT2D eigenvalue weighted by Crippen LogP contribution is -2.14. The van der Waals surface area contributed by atoms with Gasteiger partial charge in [0.2, 0.25) is 5.91 Å². The van der Waals surface area contributed by atoms with Crippen LogP contribution in [0.15, 0.2) is 53.1 Å². The lowest BCUT2D eigenvalue weighted by atomic mass is 10.1. The van der Waals surface area contributed by atoms with Gasteiger partial charge in [-0.25, -0.2) is 0 Å². The van der Waals surface area contributed by atoms with E-state index in [0.717, 1.165) is 22.1 Å². The van der Waals surface area contributed by atoms with Crippen molar-refractivity contribution in [3.05, 3.63) is 64.9 Å². The number of fused-ring (bicyclic) bond motifs is 1. The third kappa shape index (κ3) is 2.93. The number of para-hydroxylation sites is 1. The van der Waals surface area contributed by atoms with E-state index in [2.05, 4.69) is 5.32 Å². The predicted molar refractivity (Wildman–Crippen MR) is 84.7 cm³/mol. The second-order valence-corrected chi connectivity index (χ2v) is 5.37. The van der Waals surface area contributed by atoms with Crippen LogP contribution >= 0.6 is 11.6 Å². The van der Waals surface area contributed by atoms with Crippen molar-refractivity contribution < 1.29 is 9.21 Å². The van der Waals surface area contributed by atoms with Crippen LogP contribution in [-0.4, -0.2) is 5.91 Å². The maximum Gasteiger partial charge on any atom is 0.228 e. The van der Waals surface area contributed by atoms with E-state index in [9.17, 15) is 4.79 Å². The molecule has 0 atom stereocenters. The van der Waals surface area contributed by atoms with Crippen LogP contribution in [0.3, 0.4) is 0 Å². The molecule has 0 saturated heterocycles. The first-order chi connectivity index (χ1) is 10.1. The number of halogens is 1. The lowest BCUT2D eigenvalue weighted by molar-refractivity contribution is -0.115. The number of anilines is 1. The van der Waals surface area contributed by atoms with Crippen LogP contribution in [0.25, 0.3) is 11.0 Å². The molecule has 0 radical (unpaired) electrons.